The average molecular weight is 247 g/mol. The molecule has 0 fully saturated rings. The first-order valence-electron chi connectivity index (χ1n) is 6.15. The second-order valence-electron chi connectivity index (χ2n) is 4.79. The highest BCUT2D eigenvalue weighted by Gasteiger charge is 2.43. The Bertz CT molecular complexity index is 498. The van der Waals surface area contributed by atoms with Crippen LogP contribution in [0.15, 0.2) is 24.3 Å². The van der Waals surface area contributed by atoms with Gasteiger partial charge >= 0.3 is 5.97 Å². The number of hydrogen-bond donors (Lipinski definition) is 1. The quantitative estimate of drug-likeness (QED) is 0.891. The highest BCUT2D eigenvalue weighted by Crippen LogP contribution is 2.34. The Morgan fingerprint density at radius 1 is 1.39 bits per heavy atom. The molecule has 1 unspecified atom stereocenters. The number of nitrogens with zero attached hydrogens (tertiary/aromatic N) is 1. The molecule has 2 rings (SSSR count). The maximum Gasteiger partial charge on any atom is 0.329 e. The zero-order valence-electron chi connectivity index (χ0n) is 10.6. The normalized spacial score (nSPS) is 18.1. The number of rotatable bonds is 3. The van der Waals surface area contributed by atoms with Crippen LogP contribution in [0.25, 0.3) is 0 Å². The first-order chi connectivity index (χ1) is 8.50. The van der Waals surface area contributed by atoms with E-state index in [0.29, 0.717) is 19.3 Å². The van der Waals surface area contributed by atoms with Crippen molar-refractivity contribution in [1.82, 2.24) is 0 Å². The van der Waals surface area contributed by atoms with Gasteiger partial charge in [-0.05, 0) is 31.4 Å². The fraction of sp³-hybridized carbons (Fsp3) is 0.429. The Morgan fingerprint density at radius 2 is 2.06 bits per heavy atom. The number of hydrogen-bond acceptors (Lipinski definition) is 2. The van der Waals surface area contributed by atoms with Crippen molar-refractivity contribution in [3.8, 4) is 0 Å². The lowest BCUT2D eigenvalue weighted by atomic mass is 9.90. The van der Waals surface area contributed by atoms with Crippen LogP contribution in [-0.4, -0.2) is 22.5 Å². The molecule has 0 aromatic heterocycles. The van der Waals surface area contributed by atoms with Gasteiger partial charge in [-0.25, -0.2) is 4.79 Å². The van der Waals surface area contributed by atoms with Crippen molar-refractivity contribution >= 4 is 17.6 Å². The van der Waals surface area contributed by atoms with Gasteiger partial charge in [0.25, 0.3) is 0 Å². The second kappa shape index (κ2) is 4.44. The summed E-state index contributed by atoms with van der Waals surface area (Å²) in [5.41, 5.74) is 0.603. The number of fused-ring (bicyclic) bond motifs is 1. The van der Waals surface area contributed by atoms with E-state index >= 15 is 0 Å². The van der Waals surface area contributed by atoms with E-state index < -0.39 is 11.5 Å². The molecule has 4 nitrogen and oxygen atoms in total. The van der Waals surface area contributed by atoms with Gasteiger partial charge in [0.2, 0.25) is 5.91 Å². The van der Waals surface area contributed by atoms with Gasteiger partial charge in [-0.3, -0.25) is 9.69 Å². The summed E-state index contributed by atoms with van der Waals surface area (Å²) in [7, 11) is 0. The number of aryl methyl sites for hydroxylation is 1. The molecule has 1 N–H and O–H groups in total. The highest BCUT2D eigenvalue weighted by atomic mass is 16.4. The van der Waals surface area contributed by atoms with Crippen LogP contribution in [0, 0.1) is 0 Å². The van der Waals surface area contributed by atoms with Gasteiger partial charge in [0.1, 0.15) is 5.54 Å². The number of carbonyl (C=O) groups excluding carboxylic acids is 1. The van der Waals surface area contributed by atoms with Crippen LogP contribution in [0.2, 0.25) is 0 Å². The Morgan fingerprint density at radius 3 is 2.67 bits per heavy atom. The first kappa shape index (κ1) is 12.6. The predicted molar refractivity (Wildman–Crippen MR) is 68.6 cm³/mol. The molecular weight excluding hydrogens is 230 g/mol. The zero-order chi connectivity index (χ0) is 13.3. The molecule has 1 heterocycles. The summed E-state index contributed by atoms with van der Waals surface area (Å²) in [6, 6.07) is 7.52. The van der Waals surface area contributed by atoms with Crippen molar-refractivity contribution in [3.63, 3.8) is 0 Å². The van der Waals surface area contributed by atoms with Gasteiger partial charge in [-0.2, -0.15) is 0 Å². The molecule has 1 aromatic rings. The molecule has 0 radical (unpaired) electrons. The summed E-state index contributed by atoms with van der Waals surface area (Å²) in [5, 5.41) is 9.43. The van der Waals surface area contributed by atoms with Crippen LogP contribution < -0.4 is 4.90 Å². The molecule has 0 bridgehead atoms. The van der Waals surface area contributed by atoms with E-state index in [1.54, 1.807) is 13.8 Å². The topological polar surface area (TPSA) is 57.6 Å². The van der Waals surface area contributed by atoms with Crippen LogP contribution in [-0.2, 0) is 16.0 Å². The number of para-hydroxylation sites is 1. The van der Waals surface area contributed by atoms with Gasteiger partial charge in [0.15, 0.2) is 0 Å². The maximum absolute atomic E-state index is 12.1. The van der Waals surface area contributed by atoms with Gasteiger partial charge in [0.05, 0.1) is 0 Å². The van der Waals surface area contributed by atoms with Gasteiger partial charge in [0, 0.05) is 12.1 Å². The minimum Gasteiger partial charge on any atom is -0.479 e. The fourth-order valence-electron chi connectivity index (χ4n) is 2.37. The third-order valence-electron chi connectivity index (χ3n) is 3.73. The largest absolute Gasteiger partial charge is 0.479 e. The lowest BCUT2D eigenvalue weighted by molar-refractivity contribution is -0.144. The van der Waals surface area contributed by atoms with Crippen LogP contribution in [0.1, 0.15) is 32.3 Å². The van der Waals surface area contributed by atoms with Crippen molar-refractivity contribution < 1.29 is 14.7 Å². The summed E-state index contributed by atoms with van der Waals surface area (Å²) >= 11 is 0. The summed E-state index contributed by atoms with van der Waals surface area (Å²) in [4.78, 5) is 25.1. The standard InChI is InChI=1S/C14H17NO3/c1-3-14(2,13(17)18)15-11-7-5-4-6-10(11)8-9-12(15)16/h4-7H,3,8-9H2,1-2H3,(H,17,18). The number of amides is 1. The molecule has 1 atom stereocenters. The SMILES string of the molecule is CCC(C)(C(=O)O)N1C(=O)CCc2ccccc21. The van der Waals surface area contributed by atoms with E-state index in [4.69, 9.17) is 0 Å². The maximum atomic E-state index is 12.1. The molecular formula is C14H17NO3. The highest BCUT2D eigenvalue weighted by molar-refractivity contribution is 6.03. The van der Waals surface area contributed by atoms with Crippen LogP contribution in [0.3, 0.4) is 0 Å². The smallest absolute Gasteiger partial charge is 0.329 e. The number of carbonyl (C=O) groups is 2. The molecule has 0 saturated carbocycles. The molecule has 0 saturated heterocycles. The molecule has 18 heavy (non-hydrogen) atoms. The van der Waals surface area contributed by atoms with Crippen molar-refractivity contribution in [2.75, 3.05) is 4.90 Å². The van der Waals surface area contributed by atoms with Crippen molar-refractivity contribution in [1.29, 1.82) is 0 Å². The number of carboxylic acid groups (broad SMARTS) is 1. The van der Waals surface area contributed by atoms with E-state index in [1.165, 1.54) is 4.90 Å². The molecule has 1 aliphatic heterocycles. The Labute approximate surface area is 106 Å². The molecule has 4 heteroatoms. The third-order valence-corrected chi connectivity index (χ3v) is 3.73. The fourth-order valence-corrected chi connectivity index (χ4v) is 2.37. The Hall–Kier alpha value is -1.84. The van der Waals surface area contributed by atoms with E-state index in [-0.39, 0.29) is 5.91 Å². The van der Waals surface area contributed by atoms with Crippen LogP contribution in [0.5, 0.6) is 0 Å². The summed E-state index contributed by atoms with van der Waals surface area (Å²) < 4.78 is 0. The lowest BCUT2D eigenvalue weighted by Crippen LogP contribution is -2.56. The van der Waals surface area contributed by atoms with Gasteiger partial charge < -0.3 is 5.11 Å². The van der Waals surface area contributed by atoms with E-state index in [1.807, 2.05) is 24.3 Å². The predicted octanol–water partition coefficient (Wildman–Crippen LogP) is 2.22. The zero-order valence-corrected chi connectivity index (χ0v) is 10.6. The number of benzene rings is 1. The molecule has 1 aromatic carbocycles. The van der Waals surface area contributed by atoms with Crippen LogP contribution >= 0.6 is 0 Å². The van der Waals surface area contributed by atoms with Gasteiger partial charge in [-0.15, -0.1) is 0 Å². The minimum atomic E-state index is -1.17. The lowest BCUT2D eigenvalue weighted by Gasteiger charge is -2.40. The monoisotopic (exact) mass is 247 g/mol. The minimum absolute atomic E-state index is 0.111. The van der Waals surface area contributed by atoms with Gasteiger partial charge in [-0.1, -0.05) is 25.1 Å². The molecule has 0 spiro atoms. The Balaban J connectivity index is 2.56. The molecule has 1 amide bonds. The van der Waals surface area contributed by atoms with E-state index in [0.717, 1.165) is 11.3 Å². The summed E-state index contributed by atoms with van der Waals surface area (Å²) in [5.74, 6) is -1.07. The molecule has 1 aliphatic rings. The number of carboxylic acids is 1. The number of anilines is 1. The second-order valence-corrected chi connectivity index (χ2v) is 4.79. The summed E-state index contributed by atoms with van der Waals surface area (Å²) in [6.45, 7) is 3.40. The third kappa shape index (κ3) is 1.78. The average Bonchev–Trinajstić information content (AvgIpc) is 2.37. The van der Waals surface area contributed by atoms with Crippen molar-refractivity contribution in [3.05, 3.63) is 29.8 Å². The van der Waals surface area contributed by atoms with E-state index in [9.17, 15) is 14.7 Å². The molecule has 96 valence electrons. The Kier molecular flexibility index (Phi) is 3.11. The summed E-state index contributed by atoms with van der Waals surface area (Å²) in [6.07, 6.45) is 1.44. The van der Waals surface area contributed by atoms with Crippen molar-refractivity contribution in [2.45, 2.75) is 38.6 Å². The van der Waals surface area contributed by atoms with E-state index in [2.05, 4.69) is 0 Å². The first-order valence-corrected chi connectivity index (χ1v) is 6.15. The van der Waals surface area contributed by atoms with Crippen LogP contribution in [0.4, 0.5) is 5.69 Å². The number of aliphatic carboxylic acids is 1. The molecule has 0 aliphatic carbocycles. The van der Waals surface area contributed by atoms with Crippen molar-refractivity contribution in [2.24, 2.45) is 0 Å².